The summed E-state index contributed by atoms with van der Waals surface area (Å²) in [6.45, 7) is 4.45. The van der Waals surface area contributed by atoms with E-state index in [1.165, 1.54) is 9.75 Å². The second-order valence-electron chi connectivity index (χ2n) is 4.41. The summed E-state index contributed by atoms with van der Waals surface area (Å²) in [5, 5.41) is 10.1. The summed E-state index contributed by atoms with van der Waals surface area (Å²) in [5.41, 5.74) is 0.919. The highest BCUT2D eigenvalue weighted by molar-refractivity contribution is 7.12. The Bertz CT molecular complexity index is 560. The first kappa shape index (κ1) is 13.6. The molecule has 102 valence electrons. The van der Waals surface area contributed by atoms with Gasteiger partial charge in [0.15, 0.2) is 0 Å². The van der Waals surface area contributed by atoms with Crippen LogP contribution in [0.4, 0.5) is 5.69 Å². The van der Waals surface area contributed by atoms with E-state index in [2.05, 4.69) is 41.7 Å². The van der Waals surface area contributed by atoms with Crippen LogP contribution in [-0.4, -0.2) is 22.7 Å². The van der Waals surface area contributed by atoms with Crippen LogP contribution >= 0.6 is 11.3 Å². The lowest BCUT2D eigenvalue weighted by atomic mass is 10.2. The molecular formula is C13H18N4OS. The molecule has 19 heavy (non-hydrogen) atoms. The zero-order valence-corrected chi connectivity index (χ0v) is 12.1. The van der Waals surface area contributed by atoms with Gasteiger partial charge in [-0.1, -0.05) is 0 Å². The van der Waals surface area contributed by atoms with Crippen LogP contribution in [0, 0.1) is 6.92 Å². The van der Waals surface area contributed by atoms with Crippen molar-refractivity contribution in [2.75, 3.05) is 12.4 Å². The molecule has 0 radical (unpaired) electrons. The molecule has 6 heteroatoms. The van der Waals surface area contributed by atoms with Crippen LogP contribution in [0.1, 0.15) is 22.7 Å². The van der Waals surface area contributed by atoms with E-state index in [1.54, 1.807) is 29.3 Å². The van der Waals surface area contributed by atoms with Gasteiger partial charge in [-0.15, -0.1) is 11.3 Å². The Hall–Kier alpha value is -1.82. The first-order valence-electron chi connectivity index (χ1n) is 6.14. The highest BCUT2D eigenvalue weighted by Crippen LogP contribution is 2.25. The summed E-state index contributed by atoms with van der Waals surface area (Å²) in [6, 6.07) is 4.48. The normalized spacial score (nSPS) is 12.2. The third kappa shape index (κ3) is 3.57. The number of carbonyl (C=O) groups excluding carboxylic acids is 1. The molecule has 0 fully saturated rings. The molecule has 0 bridgehead atoms. The van der Waals surface area contributed by atoms with E-state index < -0.39 is 0 Å². The van der Waals surface area contributed by atoms with Gasteiger partial charge in [0.2, 0.25) is 5.91 Å². The number of thiophene rings is 1. The van der Waals surface area contributed by atoms with Crippen molar-refractivity contribution in [1.29, 1.82) is 0 Å². The molecule has 2 aromatic rings. The van der Waals surface area contributed by atoms with Gasteiger partial charge in [-0.3, -0.25) is 9.48 Å². The average molecular weight is 278 g/mol. The van der Waals surface area contributed by atoms with Gasteiger partial charge in [0.25, 0.3) is 0 Å². The first-order valence-corrected chi connectivity index (χ1v) is 6.96. The number of rotatable bonds is 5. The Kier molecular flexibility index (Phi) is 4.21. The second-order valence-corrected chi connectivity index (χ2v) is 5.73. The van der Waals surface area contributed by atoms with E-state index in [4.69, 9.17) is 0 Å². The fraction of sp³-hybridized carbons (Fsp3) is 0.385. The van der Waals surface area contributed by atoms with Crippen LogP contribution in [0.15, 0.2) is 24.5 Å². The second kappa shape index (κ2) is 5.88. The highest BCUT2D eigenvalue weighted by Gasteiger charge is 2.09. The van der Waals surface area contributed by atoms with Crippen LogP contribution in [-0.2, 0) is 11.3 Å². The van der Waals surface area contributed by atoms with Crippen molar-refractivity contribution >= 4 is 22.9 Å². The zero-order valence-electron chi connectivity index (χ0n) is 11.3. The van der Waals surface area contributed by atoms with Crippen molar-refractivity contribution in [1.82, 2.24) is 15.1 Å². The van der Waals surface area contributed by atoms with E-state index in [-0.39, 0.29) is 18.5 Å². The van der Waals surface area contributed by atoms with E-state index in [0.29, 0.717) is 0 Å². The molecular weight excluding hydrogens is 260 g/mol. The number of nitrogens with zero attached hydrogens (tertiary/aromatic N) is 2. The van der Waals surface area contributed by atoms with Gasteiger partial charge in [-0.05, 0) is 26.0 Å². The molecule has 0 aliphatic carbocycles. The zero-order chi connectivity index (χ0) is 13.8. The molecule has 0 aromatic carbocycles. The predicted octanol–water partition coefficient (Wildman–Crippen LogP) is 2.17. The topological polar surface area (TPSA) is 59.0 Å². The van der Waals surface area contributed by atoms with E-state index in [0.717, 1.165) is 5.69 Å². The maximum atomic E-state index is 11.2. The number of amides is 1. The fourth-order valence-electron chi connectivity index (χ4n) is 1.76. The van der Waals surface area contributed by atoms with Gasteiger partial charge in [-0.2, -0.15) is 5.10 Å². The molecule has 1 atom stereocenters. The number of carbonyl (C=O) groups is 1. The van der Waals surface area contributed by atoms with Crippen LogP contribution < -0.4 is 10.6 Å². The molecule has 0 spiro atoms. The Morgan fingerprint density at radius 1 is 1.53 bits per heavy atom. The Balaban J connectivity index is 1.98. The lowest BCUT2D eigenvalue weighted by molar-refractivity contribution is -0.121. The standard InChI is InChI=1S/C13H18N4OS/c1-9-4-5-12(19-9)10(2)16-11-6-15-17(7-11)8-13(18)14-3/h4-7,10,16H,8H2,1-3H3,(H,14,18). The summed E-state index contributed by atoms with van der Waals surface area (Å²) < 4.78 is 1.62. The SMILES string of the molecule is CNC(=O)Cn1cc(NC(C)c2ccc(C)s2)cn1. The molecule has 2 rings (SSSR count). The fourth-order valence-corrected chi connectivity index (χ4v) is 2.64. The van der Waals surface area contributed by atoms with Gasteiger partial charge >= 0.3 is 0 Å². The summed E-state index contributed by atoms with van der Waals surface area (Å²) in [6.07, 6.45) is 3.58. The molecule has 5 nitrogen and oxygen atoms in total. The van der Waals surface area contributed by atoms with E-state index in [1.807, 2.05) is 6.20 Å². The number of nitrogens with one attached hydrogen (secondary N) is 2. The molecule has 1 amide bonds. The minimum absolute atomic E-state index is 0.0587. The van der Waals surface area contributed by atoms with Crippen LogP contribution in [0.2, 0.25) is 0 Å². The lowest BCUT2D eigenvalue weighted by Gasteiger charge is -2.11. The van der Waals surface area contributed by atoms with Gasteiger partial charge in [0.1, 0.15) is 6.54 Å². The number of hydrogen-bond donors (Lipinski definition) is 2. The summed E-state index contributed by atoms with van der Waals surface area (Å²) in [7, 11) is 1.62. The third-order valence-corrected chi connectivity index (χ3v) is 3.97. The molecule has 2 heterocycles. The highest BCUT2D eigenvalue weighted by atomic mass is 32.1. The third-order valence-electron chi connectivity index (χ3n) is 2.79. The lowest BCUT2D eigenvalue weighted by Crippen LogP contribution is -2.23. The molecule has 2 N–H and O–H groups in total. The van der Waals surface area contributed by atoms with Crippen molar-refractivity contribution in [2.45, 2.75) is 26.4 Å². The monoisotopic (exact) mass is 278 g/mol. The average Bonchev–Trinajstić information content (AvgIpc) is 2.98. The van der Waals surface area contributed by atoms with Crippen molar-refractivity contribution < 1.29 is 4.79 Å². The van der Waals surface area contributed by atoms with E-state index >= 15 is 0 Å². The Morgan fingerprint density at radius 2 is 2.32 bits per heavy atom. The minimum atomic E-state index is -0.0587. The van der Waals surface area contributed by atoms with Gasteiger partial charge < -0.3 is 10.6 Å². The van der Waals surface area contributed by atoms with Gasteiger partial charge in [-0.25, -0.2) is 0 Å². The van der Waals surface area contributed by atoms with Gasteiger partial charge in [0, 0.05) is 23.0 Å². The largest absolute Gasteiger partial charge is 0.375 e. The summed E-state index contributed by atoms with van der Waals surface area (Å²) in [5.74, 6) is -0.0587. The van der Waals surface area contributed by atoms with Crippen molar-refractivity contribution in [3.8, 4) is 0 Å². The number of anilines is 1. The Labute approximate surface area is 116 Å². The van der Waals surface area contributed by atoms with Crippen LogP contribution in [0.25, 0.3) is 0 Å². The molecule has 2 aromatic heterocycles. The summed E-state index contributed by atoms with van der Waals surface area (Å²) in [4.78, 5) is 13.8. The maximum absolute atomic E-state index is 11.2. The first-order chi connectivity index (χ1) is 9.08. The quantitative estimate of drug-likeness (QED) is 0.881. The molecule has 0 aliphatic heterocycles. The smallest absolute Gasteiger partial charge is 0.241 e. The predicted molar refractivity (Wildman–Crippen MR) is 77.4 cm³/mol. The number of aromatic nitrogens is 2. The minimum Gasteiger partial charge on any atom is -0.375 e. The number of hydrogen-bond acceptors (Lipinski definition) is 4. The maximum Gasteiger partial charge on any atom is 0.241 e. The van der Waals surface area contributed by atoms with Crippen molar-refractivity contribution in [3.63, 3.8) is 0 Å². The van der Waals surface area contributed by atoms with Crippen LogP contribution in [0.5, 0.6) is 0 Å². The molecule has 0 saturated carbocycles. The van der Waals surface area contributed by atoms with Crippen LogP contribution in [0.3, 0.4) is 0 Å². The number of aryl methyl sites for hydroxylation is 1. The molecule has 1 unspecified atom stereocenters. The number of likely N-dealkylation sites (N-methyl/N-ethyl adjacent to an activating group) is 1. The van der Waals surface area contributed by atoms with Gasteiger partial charge in [0.05, 0.1) is 17.9 Å². The Morgan fingerprint density at radius 3 is 2.95 bits per heavy atom. The van der Waals surface area contributed by atoms with Crippen molar-refractivity contribution in [3.05, 3.63) is 34.3 Å². The van der Waals surface area contributed by atoms with E-state index in [9.17, 15) is 4.79 Å². The molecule has 0 saturated heterocycles. The summed E-state index contributed by atoms with van der Waals surface area (Å²) >= 11 is 1.78. The van der Waals surface area contributed by atoms with Crippen molar-refractivity contribution in [2.24, 2.45) is 0 Å². The molecule has 0 aliphatic rings.